The van der Waals surface area contributed by atoms with E-state index in [1.54, 1.807) is 13.0 Å². The zero-order chi connectivity index (χ0) is 14.2. The summed E-state index contributed by atoms with van der Waals surface area (Å²) >= 11 is 18.9. The summed E-state index contributed by atoms with van der Waals surface area (Å²) < 4.78 is 14.2. The van der Waals surface area contributed by atoms with E-state index in [4.69, 9.17) is 34.8 Å². The summed E-state index contributed by atoms with van der Waals surface area (Å²) in [5, 5.41) is 10.7. The lowest BCUT2D eigenvalue weighted by Gasteiger charge is -2.24. The maximum absolute atomic E-state index is 13.5. The van der Waals surface area contributed by atoms with E-state index in [1.807, 2.05) is 6.07 Å². The summed E-state index contributed by atoms with van der Waals surface area (Å²) in [5.74, 6) is -0.606. The normalized spacial score (nSPS) is 14.4. The SMILES string of the molecule is CC(O)(Cc1ccc(Cl)s1)c1cc(F)c(Cl)cc1Cl. The summed E-state index contributed by atoms with van der Waals surface area (Å²) in [7, 11) is 0. The molecule has 0 spiro atoms. The van der Waals surface area contributed by atoms with Crippen LogP contribution in [-0.2, 0) is 12.0 Å². The zero-order valence-corrected chi connectivity index (χ0v) is 13.0. The molecule has 2 aromatic rings. The standard InChI is InChI=1S/C13H10Cl3FOS/c1-13(18,6-7-2-3-12(16)19-7)8-4-11(17)10(15)5-9(8)14/h2-5,18H,6H2,1H3. The average molecular weight is 340 g/mol. The first-order valence-electron chi connectivity index (χ1n) is 5.41. The molecule has 1 aromatic carbocycles. The van der Waals surface area contributed by atoms with Crippen molar-refractivity contribution in [2.24, 2.45) is 0 Å². The highest BCUT2D eigenvalue weighted by atomic mass is 35.5. The van der Waals surface area contributed by atoms with Crippen LogP contribution >= 0.6 is 46.1 Å². The molecule has 1 N–H and O–H groups in total. The minimum atomic E-state index is -1.29. The van der Waals surface area contributed by atoms with Gasteiger partial charge in [0.2, 0.25) is 0 Å². The Morgan fingerprint density at radius 1 is 1.21 bits per heavy atom. The van der Waals surface area contributed by atoms with Crippen LogP contribution in [0.4, 0.5) is 4.39 Å². The van der Waals surface area contributed by atoms with E-state index in [0.717, 1.165) is 4.88 Å². The van der Waals surface area contributed by atoms with Crippen LogP contribution in [-0.4, -0.2) is 5.11 Å². The fourth-order valence-electron chi connectivity index (χ4n) is 1.82. The molecule has 0 saturated carbocycles. The number of thiophene rings is 1. The van der Waals surface area contributed by atoms with Gasteiger partial charge in [0.05, 0.1) is 15.0 Å². The van der Waals surface area contributed by atoms with Gasteiger partial charge in [0.15, 0.2) is 0 Å². The van der Waals surface area contributed by atoms with Gasteiger partial charge in [-0.1, -0.05) is 34.8 Å². The molecule has 0 amide bonds. The smallest absolute Gasteiger partial charge is 0.142 e. The van der Waals surface area contributed by atoms with Gasteiger partial charge in [-0.15, -0.1) is 11.3 Å². The number of hydrogen-bond donors (Lipinski definition) is 1. The lowest BCUT2D eigenvalue weighted by atomic mass is 9.91. The molecule has 2 rings (SSSR count). The molecule has 1 atom stereocenters. The molecule has 1 nitrogen and oxygen atoms in total. The molecule has 0 fully saturated rings. The van der Waals surface area contributed by atoms with E-state index in [2.05, 4.69) is 0 Å². The van der Waals surface area contributed by atoms with Crippen LogP contribution in [0.2, 0.25) is 14.4 Å². The summed E-state index contributed by atoms with van der Waals surface area (Å²) in [4.78, 5) is 0.890. The third-order valence-corrected chi connectivity index (χ3v) is 4.57. The van der Waals surface area contributed by atoms with Crippen molar-refractivity contribution in [1.82, 2.24) is 0 Å². The number of aliphatic hydroxyl groups is 1. The van der Waals surface area contributed by atoms with Gasteiger partial charge in [-0.05, 0) is 31.2 Å². The molecule has 0 aliphatic carbocycles. The van der Waals surface area contributed by atoms with Gasteiger partial charge in [0, 0.05) is 21.9 Å². The predicted octanol–water partition coefficient (Wildman–Crippen LogP) is 5.30. The van der Waals surface area contributed by atoms with Gasteiger partial charge in [-0.3, -0.25) is 0 Å². The second-order valence-corrected chi connectivity index (χ2v) is 7.02. The van der Waals surface area contributed by atoms with Crippen molar-refractivity contribution in [1.29, 1.82) is 0 Å². The van der Waals surface area contributed by atoms with E-state index in [1.165, 1.54) is 23.5 Å². The van der Waals surface area contributed by atoms with Crippen molar-refractivity contribution in [3.63, 3.8) is 0 Å². The average Bonchev–Trinajstić information content (AvgIpc) is 2.68. The van der Waals surface area contributed by atoms with Crippen molar-refractivity contribution < 1.29 is 9.50 Å². The first-order valence-corrected chi connectivity index (χ1v) is 7.36. The van der Waals surface area contributed by atoms with Crippen LogP contribution in [0.15, 0.2) is 24.3 Å². The highest BCUT2D eigenvalue weighted by Gasteiger charge is 2.28. The second kappa shape index (κ2) is 5.58. The van der Waals surface area contributed by atoms with Crippen LogP contribution in [0.1, 0.15) is 17.4 Å². The Labute approximate surface area is 129 Å². The van der Waals surface area contributed by atoms with Crippen LogP contribution in [0.3, 0.4) is 0 Å². The maximum atomic E-state index is 13.5. The summed E-state index contributed by atoms with van der Waals surface area (Å²) in [6.07, 6.45) is 0.297. The Morgan fingerprint density at radius 2 is 1.89 bits per heavy atom. The van der Waals surface area contributed by atoms with Gasteiger partial charge in [0.1, 0.15) is 5.82 Å². The Hall–Kier alpha value is -0.320. The monoisotopic (exact) mass is 338 g/mol. The van der Waals surface area contributed by atoms with Crippen LogP contribution in [0.25, 0.3) is 0 Å². The number of halogens is 4. The largest absolute Gasteiger partial charge is 0.385 e. The van der Waals surface area contributed by atoms with Crippen molar-refractivity contribution in [2.45, 2.75) is 18.9 Å². The zero-order valence-electron chi connectivity index (χ0n) is 9.88. The molecule has 0 saturated heterocycles. The molecule has 19 heavy (non-hydrogen) atoms. The van der Waals surface area contributed by atoms with Gasteiger partial charge < -0.3 is 5.11 Å². The first kappa shape index (κ1) is 15.1. The maximum Gasteiger partial charge on any atom is 0.142 e. The lowest BCUT2D eigenvalue weighted by molar-refractivity contribution is 0.0582. The molecule has 0 bridgehead atoms. The van der Waals surface area contributed by atoms with Gasteiger partial charge in [-0.2, -0.15) is 0 Å². The minimum Gasteiger partial charge on any atom is -0.385 e. The van der Waals surface area contributed by atoms with E-state index in [0.29, 0.717) is 16.3 Å². The quantitative estimate of drug-likeness (QED) is 0.753. The van der Waals surface area contributed by atoms with E-state index < -0.39 is 11.4 Å². The third-order valence-electron chi connectivity index (χ3n) is 2.74. The minimum absolute atomic E-state index is 0.0660. The Balaban J connectivity index is 2.36. The van der Waals surface area contributed by atoms with E-state index in [-0.39, 0.29) is 10.0 Å². The highest BCUT2D eigenvalue weighted by molar-refractivity contribution is 7.16. The Kier molecular flexibility index (Phi) is 4.43. The predicted molar refractivity (Wildman–Crippen MR) is 79.0 cm³/mol. The number of hydrogen-bond acceptors (Lipinski definition) is 2. The summed E-state index contributed by atoms with van der Waals surface area (Å²) in [6.45, 7) is 1.58. The fourth-order valence-corrected chi connectivity index (χ4v) is 3.64. The first-order chi connectivity index (χ1) is 8.79. The van der Waals surface area contributed by atoms with Gasteiger partial charge in [0.25, 0.3) is 0 Å². The number of benzene rings is 1. The summed E-state index contributed by atoms with van der Waals surface area (Å²) in [5.41, 5.74) is -0.989. The lowest BCUT2D eigenvalue weighted by Crippen LogP contribution is -2.24. The molecule has 102 valence electrons. The van der Waals surface area contributed by atoms with Crippen molar-refractivity contribution in [3.05, 3.63) is 54.9 Å². The molecule has 1 heterocycles. The number of rotatable bonds is 3. The Morgan fingerprint density at radius 3 is 2.47 bits per heavy atom. The Bertz CT molecular complexity index is 610. The highest BCUT2D eigenvalue weighted by Crippen LogP contribution is 2.36. The molecule has 1 unspecified atom stereocenters. The van der Waals surface area contributed by atoms with Gasteiger partial charge in [-0.25, -0.2) is 4.39 Å². The van der Waals surface area contributed by atoms with Crippen LogP contribution < -0.4 is 0 Å². The van der Waals surface area contributed by atoms with E-state index in [9.17, 15) is 9.50 Å². The molecule has 0 aliphatic rings. The topological polar surface area (TPSA) is 20.2 Å². The van der Waals surface area contributed by atoms with Crippen molar-refractivity contribution in [2.75, 3.05) is 0 Å². The molecule has 6 heteroatoms. The second-order valence-electron chi connectivity index (χ2n) is 4.40. The third kappa shape index (κ3) is 3.41. The molecule has 0 aliphatic heterocycles. The van der Waals surface area contributed by atoms with Crippen LogP contribution in [0, 0.1) is 5.82 Å². The van der Waals surface area contributed by atoms with Crippen molar-refractivity contribution in [3.8, 4) is 0 Å². The van der Waals surface area contributed by atoms with Crippen molar-refractivity contribution >= 4 is 46.1 Å². The van der Waals surface area contributed by atoms with E-state index >= 15 is 0 Å². The molecular formula is C13H10Cl3FOS. The summed E-state index contributed by atoms with van der Waals surface area (Å²) in [6, 6.07) is 6.03. The molecular weight excluding hydrogens is 330 g/mol. The molecule has 1 aromatic heterocycles. The molecule has 0 radical (unpaired) electrons. The van der Waals surface area contributed by atoms with Gasteiger partial charge >= 0.3 is 0 Å². The fraction of sp³-hybridized carbons (Fsp3) is 0.231. The van der Waals surface area contributed by atoms with Crippen LogP contribution in [0.5, 0.6) is 0 Å².